The molecule has 0 amide bonds. The standard InChI is InChI=1S/C27H36O3Si/c1-7-27-18-21(27)22(23-24(27)29-26(5,6)28-23)30-31(25(2,3)4,19-14-10-8-11-15-19)20-16-12-9-13-17-20/h8-17,21-24H,7,18H2,1-6H3/t21-,22+,23+,24+,27+/m1/s1. The van der Waals surface area contributed by atoms with Gasteiger partial charge in [0.1, 0.15) is 6.10 Å². The van der Waals surface area contributed by atoms with E-state index >= 15 is 0 Å². The predicted molar refractivity (Wildman–Crippen MR) is 127 cm³/mol. The number of rotatable bonds is 5. The van der Waals surface area contributed by atoms with Gasteiger partial charge >= 0.3 is 0 Å². The van der Waals surface area contributed by atoms with E-state index in [-0.39, 0.29) is 28.8 Å². The molecule has 2 saturated carbocycles. The molecule has 0 bridgehead atoms. The lowest BCUT2D eigenvalue weighted by atomic mass is 9.96. The van der Waals surface area contributed by atoms with E-state index in [1.165, 1.54) is 16.8 Å². The van der Waals surface area contributed by atoms with Crippen LogP contribution in [0.25, 0.3) is 0 Å². The van der Waals surface area contributed by atoms with Gasteiger partial charge in [-0.25, -0.2) is 0 Å². The SMILES string of the molecule is CC[C@]12C[C@@H]1[C@H](O[Si](c1ccccc1)(c1ccccc1)C(C)(C)C)[C@@H]1OC(C)(C)O[C@@H]12. The molecule has 1 heterocycles. The molecule has 0 radical (unpaired) electrons. The summed E-state index contributed by atoms with van der Waals surface area (Å²) in [6.07, 6.45) is 2.53. The molecule has 5 rings (SSSR count). The van der Waals surface area contributed by atoms with Gasteiger partial charge < -0.3 is 13.9 Å². The second-order valence-corrected chi connectivity index (χ2v) is 15.4. The van der Waals surface area contributed by atoms with E-state index in [0.29, 0.717) is 5.92 Å². The van der Waals surface area contributed by atoms with Crippen molar-refractivity contribution in [1.29, 1.82) is 0 Å². The van der Waals surface area contributed by atoms with Gasteiger partial charge in [0.15, 0.2) is 5.79 Å². The van der Waals surface area contributed by atoms with E-state index < -0.39 is 14.1 Å². The lowest BCUT2D eigenvalue weighted by molar-refractivity contribution is -0.166. The highest BCUT2D eigenvalue weighted by molar-refractivity contribution is 6.99. The first-order valence-corrected chi connectivity index (χ1v) is 13.7. The summed E-state index contributed by atoms with van der Waals surface area (Å²) in [5.74, 6) is -0.0248. The Bertz CT molecular complexity index is 896. The molecule has 0 spiro atoms. The van der Waals surface area contributed by atoms with Crippen LogP contribution in [0, 0.1) is 11.3 Å². The molecule has 166 valence electrons. The predicted octanol–water partition coefficient (Wildman–Crippen LogP) is 4.88. The van der Waals surface area contributed by atoms with Crippen LogP contribution in [0.1, 0.15) is 54.4 Å². The first kappa shape index (κ1) is 21.4. The summed E-state index contributed by atoms with van der Waals surface area (Å²) in [6.45, 7) is 13.4. The maximum absolute atomic E-state index is 7.56. The largest absolute Gasteiger partial charge is 0.401 e. The van der Waals surface area contributed by atoms with Gasteiger partial charge in [-0.2, -0.15) is 0 Å². The molecular formula is C27H36O3Si. The molecule has 3 fully saturated rings. The molecule has 4 heteroatoms. The third kappa shape index (κ3) is 3.10. The van der Waals surface area contributed by atoms with Gasteiger partial charge in [-0.05, 0) is 48.0 Å². The molecule has 2 aromatic carbocycles. The molecule has 3 nitrogen and oxygen atoms in total. The Kier molecular flexibility index (Phi) is 4.84. The summed E-state index contributed by atoms with van der Waals surface area (Å²) >= 11 is 0. The van der Waals surface area contributed by atoms with Crippen LogP contribution in [0.5, 0.6) is 0 Å². The number of benzene rings is 2. The summed E-state index contributed by atoms with van der Waals surface area (Å²) in [5.41, 5.74) is 0.217. The zero-order valence-corrected chi connectivity index (χ0v) is 20.7. The molecule has 0 unspecified atom stereocenters. The van der Waals surface area contributed by atoms with Crippen molar-refractivity contribution in [2.75, 3.05) is 0 Å². The lowest BCUT2D eigenvalue weighted by Gasteiger charge is -2.45. The molecule has 2 aliphatic carbocycles. The minimum absolute atomic E-state index is 0.00958. The van der Waals surface area contributed by atoms with E-state index in [4.69, 9.17) is 13.9 Å². The molecule has 2 aromatic rings. The molecule has 5 atom stereocenters. The summed E-state index contributed by atoms with van der Waals surface area (Å²) in [7, 11) is -2.62. The third-order valence-electron chi connectivity index (χ3n) is 7.98. The molecular weight excluding hydrogens is 400 g/mol. The Labute approximate surface area is 188 Å². The monoisotopic (exact) mass is 436 g/mol. The van der Waals surface area contributed by atoms with E-state index in [9.17, 15) is 0 Å². The van der Waals surface area contributed by atoms with Crippen molar-refractivity contribution in [2.24, 2.45) is 11.3 Å². The second-order valence-electron chi connectivity index (χ2n) is 11.2. The van der Waals surface area contributed by atoms with Crippen LogP contribution in [-0.4, -0.2) is 32.4 Å². The third-order valence-corrected chi connectivity index (χ3v) is 13.0. The quantitative estimate of drug-likeness (QED) is 0.625. The number of hydrogen-bond donors (Lipinski definition) is 0. The van der Waals surface area contributed by atoms with Gasteiger partial charge in [0.2, 0.25) is 0 Å². The van der Waals surface area contributed by atoms with Gasteiger partial charge in [0.05, 0.1) is 12.2 Å². The van der Waals surface area contributed by atoms with E-state index in [0.717, 1.165) is 6.42 Å². The number of ether oxygens (including phenoxy) is 2. The van der Waals surface area contributed by atoms with E-state index in [1.54, 1.807) is 0 Å². The van der Waals surface area contributed by atoms with Crippen molar-refractivity contribution in [3.8, 4) is 0 Å². The zero-order valence-electron chi connectivity index (χ0n) is 19.7. The van der Waals surface area contributed by atoms with Crippen LogP contribution in [0.15, 0.2) is 60.7 Å². The normalized spacial score (nSPS) is 33.7. The molecule has 0 N–H and O–H groups in total. The molecule has 1 aliphatic heterocycles. The molecule has 0 aromatic heterocycles. The van der Waals surface area contributed by atoms with Crippen LogP contribution in [-0.2, 0) is 13.9 Å². The van der Waals surface area contributed by atoms with Crippen molar-refractivity contribution in [3.05, 3.63) is 60.7 Å². The number of fused-ring (bicyclic) bond motifs is 3. The highest BCUT2D eigenvalue weighted by Gasteiger charge is 2.76. The smallest absolute Gasteiger partial charge is 0.261 e. The highest BCUT2D eigenvalue weighted by atomic mass is 28.4. The minimum atomic E-state index is -2.62. The summed E-state index contributed by atoms with van der Waals surface area (Å²) in [5, 5.41) is 2.63. The van der Waals surface area contributed by atoms with Crippen LogP contribution in [0.4, 0.5) is 0 Å². The van der Waals surface area contributed by atoms with Crippen LogP contribution < -0.4 is 10.4 Å². The van der Waals surface area contributed by atoms with Crippen molar-refractivity contribution in [1.82, 2.24) is 0 Å². The summed E-state index contributed by atoms with van der Waals surface area (Å²) in [6, 6.07) is 21.9. The zero-order chi connectivity index (χ0) is 22.1. The van der Waals surface area contributed by atoms with Gasteiger partial charge in [-0.15, -0.1) is 0 Å². The van der Waals surface area contributed by atoms with E-state index in [2.05, 4.69) is 88.4 Å². The minimum Gasteiger partial charge on any atom is -0.401 e. The van der Waals surface area contributed by atoms with Gasteiger partial charge in [0, 0.05) is 5.41 Å². The van der Waals surface area contributed by atoms with Gasteiger partial charge in [0.25, 0.3) is 8.32 Å². The molecule has 3 aliphatic rings. The second kappa shape index (κ2) is 7.02. The number of hydrogen-bond acceptors (Lipinski definition) is 3. The Morgan fingerprint density at radius 1 is 0.935 bits per heavy atom. The van der Waals surface area contributed by atoms with Crippen molar-refractivity contribution >= 4 is 18.7 Å². The maximum Gasteiger partial charge on any atom is 0.261 e. The van der Waals surface area contributed by atoms with Crippen molar-refractivity contribution < 1.29 is 13.9 Å². The summed E-state index contributed by atoms with van der Waals surface area (Å²) < 4.78 is 20.6. The van der Waals surface area contributed by atoms with Crippen LogP contribution in [0.3, 0.4) is 0 Å². The maximum atomic E-state index is 7.56. The average molecular weight is 437 g/mol. The van der Waals surface area contributed by atoms with E-state index in [1.807, 2.05) is 13.8 Å². The van der Waals surface area contributed by atoms with Gasteiger partial charge in [-0.3, -0.25) is 0 Å². The fourth-order valence-electron chi connectivity index (χ4n) is 6.48. The Hall–Kier alpha value is -1.46. The van der Waals surface area contributed by atoms with Gasteiger partial charge in [-0.1, -0.05) is 88.4 Å². The first-order chi connectivity index (χ1) is 14.6. The highest BCUT2D eigenvalue weighted by Crippen LogP contribution is 2.70. The molecule has 1 saturated heterocycles. The fraction of sp³-hybridized carbons (Fsp3) is 0.556. The summed E-state index contributed by atoms with van der Waals surface area (Å²) in [4.78, 5) is 0. The Morgan fingerprint density at radius 2 is 1.48 bits per heavy atom. The first-order valence-electron chi connectivity index (χ1n) is 11.8. The Morgan fingerprint density at radius 3 is 1.97 bits per heavy atom. The van der Waals surface area contributed by atoms with Crippen LogP contribution in [0.2, 0.25) is 5.04 Å². The van der Waals surface area contributed by atoms with Crippen molar-refractivity contribution in [3.63, 3.8) is 0 Å². The van der Waals surface area contributed by atoms with Crippen molar-refractivity contribution in [2.45, 2.75) is 83.5 Å². The fourth-order valence-corrected chi connectivity index (χ4v) is 11.2. The lowest BCUT2D eigenvalue weighted by Crippen LogP contribution is -2.68. The Balaban J connectivity index is 1.64. The van der Waals surface area contributed by atoms with Crippen LogP contribution >= 0.6 is 0 Å². The average Bonchev–Trinajstić information content (AvgIpc) is 3.31. The topological polar surface area (TPSA) is 27.7 Å². The molecule has 31 heavy (non-hydrogen) atoms.